The van der Waals surface area contributed by atoms with E-state index in [-0.39, 0.29) is 0 Å². The number of ether oxygens (including phenoxy) is 1. The predicted octanol–water partition coefficient (Wildman–Crippen LogP) is 2.70. The fourth-order valence-electron chi connectivity index (χ4n) is 2.72. The van der Waals surface area contributed by atoms with E-state index in [9.17, 15) is 0 Å². The Morgan fingerprint density at radius 3 is 2.57 bits per heavy atom. The van der Waals surface area contributed by atoms with E-state index in [2.05, 4.69) is 55.4 Å². The molecule has 0 bridgehead atoms. The molecule has 1 unspecified atom stereocenters. The van der Waals surface area contributed by atoms with Crippen LogP contribution in [0.15, 0.2) is 24.3 Å². The van der Waals surface area contributed by atoms with E-state index in [0.29, 0.717) is 6.04 Å². The molecule has 1 heterocycles. The summed E-state index contributed by atoms with van der Waals surface area (Å²) in [4.78, 5) is 2.41. The topological polar surface area (TPSA) is 24.5 Å². The molecule has 118 valence electrons. The highest BCUT2D eigenvalue weighted by atomic mass is 16.5. The third-order valence-electron chi connectivity index (χ3n) is 4.13. The molecule has 1 aliphatic rings. The largest absolute Gasteiger partial charge is 0.380 e. The summed E-state index contributed by atoms with van der Waals surface area (Å²) >= 11 is 0. The maximum absolute atomic E-state index is 5.46. The first-order valence-electron chi connectivity index (χ1n) is 8.21. The standard InChI is InChI=1S/C18H30N2O/c1-15(2)12-19-10-8-16-4-6-17(7-5-16)13-20(3)18-9-11-21-14-18/h4-7,15,18-19H,8-14H2,1-3H3. The molecule has 0 spiro atoms. The Kier molecular flexibility index (Phi) is 6.68. The van der Waals surface area contributed by atoms with E-state index in [1.54, 1.807) is 0 Å². The normalized spacial score (nSPS) is 18.8. The molecule has 1 N–H and O–H groups in total. The SMILES string of the molecule is CC(C)CNCCc1ccc(CN(C)C2CCOC2)cc1. The molecule has 0 aliphatic carbocycles. The van der Waals surface area contributed by atoms with Gasteiger partial charge < -0.3 is 10.1 Å². The Morgan fingerprint density at radius 2 is 1.95 bits per heavy atom. The van der Waals surface area contributed by atoms with E-state index in [1.165, 1.54) is 11.1 Å². The van der Waals surface area contributed by atoms with Gasteiger partial charge in [-0.15, -0.1) is 0 Å². The van der Waals surface area contributed by atoms with Crippen LogP contribution in [0.5, 0.6) is 0 Å². The molecule has 1 atom stereocenters. The second-order valence-electron chi connectivity index (χ2n) is 6.60. The highest BCUT2D eigenvalue weighted by Crippen LogP contribution is 2.14. The Bertz CT molecular complexity index is 396. The number of rotatable bonds is 8. The molecule has 3 heteroatoms. The molecule has 3 nitrogen and oxygen atoms in total. The quantitative estimate of drug-likeness (QED) is 0.745. The predicted molar refractivity (Wildman–Crippen MR) is 88.5 cm³/mol. The third kappa shape index (κ3) is 5.77. The molecule has 21 heavy (non-hydrogen) atoms. The van der Waals surface area contributed by atoms with Gasteiger partial charge in [-0.2, -0.15) is 0 Å². The lowest BCUT2D eigenvalue weighted by Gasteiger charge is -2.22. The number of benzene rings is 1. The summed E-state index contributed by atoms with van der Waals surface area (Å²) in [5.74, 6) is 0.725. The second-order valence-corrected chi connectivity index (χ2v) is 6.60. The van der Waals surface area contributed by atoms with Crippen LogP contribution in [0, 0.1) is 5.92 Å². The smallest absolute Gasteiger partial charge is 0.0622 e. The number of nitrogens with zero attached hydrogens (tertiary/aromatic N) is 1. The van der Waals surface area contributed by atoms with Crippen molar-refractivity contribution >= 4 is 0 Å². The van der Waals surface area contributed by atoms with Gasteiger partial charge >= 0.3 is 0 Å². The Balaban J connectivity index is 1.73. The van der Waals surface area contributed by atoms with Crippen LogP contribution in [-0.2, 0) is 17.7 Å². The summed E-state index contributed by atoms with van der Waals surface area (Å²) in [6.07, 6.45) is 2.27. The summed E-state index contributed by atoms with van der Waals surface area (Å²) in [5, 5.41) is 3.50. The third-order valence-corrected chi connectivity index (χ3v) is 4.13. The van der Waals surface area contributed by atoms with Crippen molar-refractivity contribution in [3.05, 3.63) is 35.4 Å². The first kappa shape index (κ1) is 16.5. The molecular weight excluding hydrogens is 260 g/mol. The van der Waals surface area contributed by atoms with Gasteiger partial charge in [0.25, 0.3) is 0 Å². The fraction of sp³-hybridized carbons (Fsp3) is 0.667. The van der Waals surface area contributed by atoms with Crippen LogP contribution >= 0.6 is 0 Å². The Morgan fingerprint density at radius 1 is 1.24 bits per heavy atom. The first-order valence-corrected chi connectivity index (χ1v) is 8.21. The molecular formula is C18H30N2O. The lowest BCUT2D eigenvalue weighted by Crippen LogP contribution is -2.31. The number of likely N-dealkylation sites (N-methyl/N-ethyl adjacent to an activating group) is 1. The summed E-state index contributed by atoms with van der Waals surface area (Å²) in [5.41, 5.74) is 2.81. The maximum Gasteiger partial charge on any atom is 0.0622 e. The average molecular weight is 290 g/mol. The van der Waals surface area contributed by atoms with Crippen molar-refractivity contribution in [2.45, 2.75) is 39.3 Å². The number of hydrogen-bond acceptors (Lipinski definition) is 3. The average Bonchev–Trinajstić information content (AvgIpc) is 2.99. The van der Waals surface area contributed by atoms with Gasteiger partial charge in [-0.3, -0.25) is 4.90 Å². The van der Waals surface area contributed by atoms with Crippen LogP contribution in [0.1, 0.15) is 31.4 Å². The number of nitrogens with one attached hydrogen (secondary N) is 1. The molecule has 1 fully saturated rings. The lowest BCUT2D eigenvalue weighted by atomic mass is 10.1. The van der Waals surface area contributed by atoms with Crippen LogP contribution < -0.4 is 5.32 Å². The minimum Gasteiger partial charge on any atom is -0.380 e. The van der Waals surface area contributed by atoms with Gasteiger partial charge in [0.1, 0.15) is 0 Å². The van der Waals surface area contributed by atoms with Crippen molar-refractivity contribution in [1.82, 2.24) is 10.2 Å². The van der Waals surface area contributed by atoms with Gasteiger partial charge in [-0.05, 0) is 50.0 Å². The minimum absolute atomic E-state index is 0.588. The summed E-state index contributed by atoms with van der Waals surface area (Å²) in [7, 11) is 2.20. The van der Waals surface area contributed by atoms with Gasteiger partial charge in [-0.25, -0.2) is 0 Å². The monoisotopic (exact) mass is 290 g/mol. The number of hydrogen-bond donors (Lipinski definition) is 1. The highest BCUT2D eigenvalue weighted by Gasteiger charge is 2.19. The van der Waals surface area contributed by atoms with Crippen molar-refractivity contribution in [3.63, 3.8) is 0 Å². The summed E-state index contributed by atoms with van der Waals surface area (Å²) in [6, 6.07) is 9.66. The fourth-order valence-corrected chi connectivity index (χ4v) is 2.72. The van der Waals surface area contributed by atoms with E-state index >= 15 is 0 Å². The Labute approximate surface area is 129 Å². The van der Waals surface area contributed by atoms with Crippen molar-refractivity contribution in [3.8, 4) is 0 Å². The summed E-state index contributed by atoms with van der Waals surface area (Å²) in [6.45, 7) is 9.47. The maximum atomic E-state index is 5.46. The van der Waals surface area contributed by atoms with Crippen molar-refractivity contribution in [2.75, 3.05) is 33.4 Å². The first-order chi connectivity index (χ1) is 10.1. The van der Waals surface area contributed by atoms with Gasteiger partial charge in [0, 0.05) is 19.2 Å². The molecule has 0 amide bonds. The summed E-state index contributed by atoms with van der Waals surface area (Å²) < 4.78 is 5.46. The van der Waals surface area contributed by atoms with Crippen LogP contribution in [-0.4, -0.2) is 44.3 Å². The van der Waals surface area contributed by atoms with E-state index in [0.717, 1.165) is 51.6 Å². The van der Waals surface area contributed by atoms with E-state index in [4.69, 9.17) is 4.74 Å². The van der Waals surface area contributed by atoms with Gasteiger partial charge in [-0.1, -0.05) is 38.1 Å². The molecule has 1 aromatic carbocycles. The molecule has 2 rings (SSSR count). The minimum atomic E-state index is 0.588. The second kappa shape index (κ2) is 8.52. The molecule has 1 aromatic rings. The van der Waals surface area contributed by atoms with Crippen LogP contribution in [0.4, 0.5) is 0 Å². The van der Waals surface area contributed by atoms with Crippen molar-refractivity contribution in [2.24, 2.45) is 5.92 Å². The molecule has 0 radical (unpaired) electrons. The van der Waals surface area contributed by atoms with Crippen LogP contribution in [0.2, 0.25) is 0 Å². The van der Waals surface area contributed by atoms with Crippen molar-refractivity contribution in [1.29, 1.82) is 0 Å². The van der Waals surface area contributed by atoms with Gasteiger partial charge in [0.15, 0.2) is 0 Å². The zero-order chi connectivity index (χ0) is 15.1. The highest BCUT2D eigenvalue weighted by molar-refractivity contribution is 5.22. The van der Waals surface area contributed by atoms with Crippen LogP contribution in [0.3, 0.4) is 0 Å². The van der Waals surface area contributed by atoms with Crippen molar-refractivity contribution < 1.29 is 4.74 Å². The molecule has 0 saturated carbocycles. The molecule has 1 aliphatic heterocycles. The zero-order valence-electron chi connectivity index (χ0n) is 13.8. The lowest BCUT2D eigenvalue weighted by molar-refractivity contribution is 0.156. The molecule has 1 saturated heterocycles. The van der Waals surface area contributed by atoms with Crippen LogP contribution in [0.25, 0.3) is 0 Å². The van der Waals surface area contributed by atoms with Gasteiger partial charge in [0.2, 0.25) is 0 Å². The Hall–Kier alpha value is -0.900. The van der Waals surface area contributed by atoms with E-state index in [1.807, 2.05) is 0 Å². The van der Waals surface area contributed by atoms with Gasteiger partial charge in [0.05, 0.1) is 6.61 Å². The molecule has 0 aromatic heterocycles. The zero-order valence-corrected chi connectivity index (χ0v) is 13.8. The van der Waals surface area contributed by atoms with E-state index < -0.39 is 0 Å².